The van der Waals surface area contributed by atoms with Crippen LogP contribution in [0.4, 0.5) is 10.1 Å². The zero-order valence-electron chi connectivity index (χ0n) is 12.1. The molecule has 0 saturated heterocycles. The largest absolute Gasteiger partial charge is 0.342 e. The molecule has 5 nitrogen and oxygen atoms in total. The van der Waals surface area contributed by atoms with Crippen LogP contribution < -0.4 is 15.5 Å². The Labute approximate surface area is 128 Å². The Kier molecular flexibility index (Phi) is 7.11. The van der Waals surface area contributed by atoms with Gasteiger partial charge in [-0.25, -0.2) is 4.39 Å². The summed E-state index contributed by atoms with van der Waals surface area (Å²) in [5.41, 5.74) is 0.274. The molecule has 1 rings (SSSR count). The van der Waals surface area contributed by atoms with Gasteiger partial charge in [-0.1, -0.05) is 11.6 Å². The van der Waals surface area contributed by atoms with Crippen molar-refractivity contribution in [2.75, 3.05) is 31.5 Å². The molecule has 0 spiro atoms. The number of halogens is 2. The molecular formula is C14H20ClFN3O2+. The summed E-state index contributed by atoms with van der Waals surface area (Å²) in [6, 6.07) is 3.72. The molecule has 0 heterocycles. The number of carbonyl (C=O) groups excluding carboxylic acids is 2. The van der Waals surface area contributed by atoms with Gasteiger partial charge in [0.25, 0.3) is 0 Å². The average molecular weight is 317 g/mol. The lowest BCUT2D eigenvalue weighted by Crippen LogP contribution is -3.12. The van der Waals surface area contributed by atoms with Gasteiger partial charge in [0.2, 0.25) is 0 Å². The van der Waals surface area contributed by atoms with E-state index in [0.29, 0.717) is 6.54 Å². The van der Waals surface area contributed by atoms with Crippen LogP contribution in [-0.2, 0) is 9.59 Å². The lowest BCUT2D eigenvalue weighted by atomic mass is 10.3. The molecule has 1 aromatic rings. The van der Waals surface area contributed by atoms with Crippen molar-refractivity contribution in [2.45, 2.75) is 13.8 Å². The maximum Gasteiger partial charge on any atom is 0.313 e. The SMILES string of the molecule is CC[NH+](CC)CCNC(=O)C(=O)Nc1ccc(F)c(Cl)c1. The molecule has 7 heteroatoms. The summed E-state index contributed by atoms with van der Waals surface area (Å²) in [7, 11) is 0. The first-order valence-electron chi connectivity index (χ1n) is 6.85. The molecule has 0 aromatic heterocycles. The third-order valence-electron chi connectivity index (χ3n) is 3.15. The predicted molar refractivity (Wildman–Crippen MR) is 80.0 cm³/mol. The summed E-state index contributed by atoms with van der Waals surface area (Å²) >= 11 is 5.60. The van der Waals surface area contributed by atoms with Crippen LogP contribution in [0.2, 0.25) is 5.02 Å². The Morgan fingerprint density at radius 3 is 2.48 bits per heavy atom. The molecule has 2 amide bonds. The highest BCUT2D eigenvalue weighted by Gasteiger charge is 2.14. The number of hydrogen-bond donors (Lipinski definition) is 3. The summed E-state index contributed by atoms with van der Waals surface area (Å²) in [5, 5.41) is 4.80. The number of carbonyl (C=O) groups is 2. The van der Waals surface area contributed by atoms with Crippen LogP contribution in [0, 0.1) is 5.82 Å². The van der Waals surface area contributed by atoms with E-state index in [-0.39, 0.29) is 10.7 Å². The van der Waals surface area contributed by atoms with Gasteiger partial charge in [0.1, 0.15) is 5.82 Å². The van der Waals surface area contributed by atoms with E-state index in [1.807, 2.05) is 0 Å². The standard InChI is InChI=1S/C14H19ClFN3O2/c1-3-19(4-2)8-7-17-13(20)14(21)18-10-5-6-12(16)11(15)9-10/h5-6,9H,3-4,7-8H2,1-2H3,(H,17,20)(H,18,21)/p+1. The van der Waals surface area contributed by atoms with E-state index in [1.54, 1.807) is 0 Å². The fourth-order valence-corrected chi connectivity index (χ4v) is 1.98. The van der Waals surface area contributed by atoms with Crippen LogP contribution in [-0.4, -0.2) is 38.0 Å². The van der Waals surface area contributed by atoms with Crippen LogP contribution in [0.1, 0.15) is 13.8 Å². The fourth-order valence-electron chi connectivity index (χ4n) is 1.80. The predicted octanol–water partition coefficient (Wildman–Crippen LogP) is 0.459. The number of amides is 2. The van der Waals surface area contributed by atoms with E-state index in [2.05, 4.69) is 24.5 Å². The van der Waals surface area contributed by atoms with Gasteiger partial charge < -0.3 is 15.5 Å². The summed E-state index contributed by atoms with van der Waals surface area (Å²) in [5.74, 6) is -2.10. The molecule has 0 unspecified atom stereocenters. The quantitative estimate of drug-likeness (QED) is 0.668. The van der Waals surface area contributed by atoms with Crippen molar-refractivity contribution in [2.24, 2.45) is 0 Å². The van der Waals surface area contributed by atoms with Crippen molar-refractivity contribution >= 4 is 29.1 Å². The van der Waals surface area contributed by atoms with Crippen LogP contribution in [0.3, 0.4) is 0 Å². The minimum Gasteiger partial charge on any atom is -0.342 e. The smallest absolute Gasteiger partial charge is 0.313 e. The molecule has 0 fully saturated rings. The van der Waals surface area contributed by atoms with E-state index in [9.17, 15) is 14.0 Å². The van der Waals surface area contributed by atoms with Crippen molar-refractivity contribution in [3.05, 3.63) is 29.0 Å². The van der Waals surface area contributed by atoms with Gasteiger partial charge >= 0.3 is 11.8 Å². The highest BCUT2D eigenvalue weighted by atomic mass is 35.5. The Hall–Kier alpha value is -1.66. The summed E-state index contributed by atoms with van der Waals surface area (Å²) < 4.78 is 13.0. The first-order valence-corrected chi connectivity index (χ1v) is 7.23. The van der Waals surface area contributed by atoms with Gasteiger partial charge in [-0.05, 0) is 32.0 Å². The Morgan fingerprint density at radius 2 is 1.90 bits per heavy atom. The van der Waals surface area contributed by atoms with E-state index >= 15 is 0 Å². The monoisotopic (exact) mass is 316 g/mol. The second kappa shape index (κ2) is 8.59. The summed E-state index contributed by atoms with van der Waals surface area (Å²) in [6.07, 6.45) is 0. The van der Waals surface area contributed by atoms with Crippen molar-refractivity contribution in [3.8, 4) is 0 Å². The number of rotatable bonds is 6. The molecule has 3 N–H and O–H groups in total. The van der Waals surface area contributed by atoms with Crippen LogP contribution >= 0.6 is 11.6 Å². The number of quaternary nitrogens is 1. The van der Waals surface area contributed by atoms with Gasteiger partial charge in [-0.2, -0.15) is 0 Å². The second-order valence-electron chi connectivity index (χ2n) is 4.55. The Balaban J connectivity index is 2.44. The molecular weight excluding hydrogens is 297 g/mol. The van der Waals surface area contributed by atoms with E-state index < -0.39 is 17.6 Å². The molecule has 21 heavy (non-hydrogen) atoms. The number of hydrogen-bond acceptors (Lipinski definition) is 2. The number of likely N-dealkylation sites (N-methyl/N-ethyl adjacent to an activating group) is 1. The highest BCUT2D eigenvalue weighted by molar-refractivity contribution is 6.39. The molecule has 0 aliphatic rings. The van der Waals surface area contributed by atoms with Crippen LogP contribution in [0.5, 0.6) is 0 Å². The number of benzene rings is 1. The van der Waals surface area contributed by atoms with Crippen LogP contribution in [0.15, 0.2) is 18.2 Å². The van der Waals surface area contributed by atoms with Gasteiger partial charge in [0, 0.05) is 5.69 Å². The maximum absolute atomic E-state index is 13.0. The van der Waals surface area contributed by atoms with Crippen molar-refractivity contribution in [1.82, 2.24) is 5.32 Å². The summed E-state index contributed by atoms with van der Waals surface area (Å²) in [6.45, 7) is 7.23. The maximum atomic E-state index is 13.0. The lowest BCUT2D eigenvalue weighted by molar-refractivity contribution is -0.895. The van der Waals surface area contributed by atoms with Gasteiger partial charge in [0.05, 0.1) is 31.2 Å². The third kappa shape index (κ3) is 5.69. The first-order chi connectivity index (χ1) is 9.97. The molecule has 0 aliphatic heterocycles. The van der Waals surface area contributed by atoms with Gasteiger partial charge in [-0.15, -0.1) is 0 Å². The van der Waals surface area contributed by atoms with E-state index in [1.165, 1.54) is 17.0 Å². The minimum atomic E-state index is -0.799. The zero-order chi connectivity index (χ0) is 15.8. The molecule has 116 valence electrons. The average Bonchev–Trinajstić information content (AvgIpc) is 2.47. The molecule has 0 radical (unpaired) electrons. The van der Waals surface area contributed by atoms with E-state index in [4.69, 9.17) is 11.6 Å². The van der Waals surface area contributed by atoms with E-state index in [0.717, 1.165) is 25.7 Å². The number of anilines is 1. The molecule has 0 saturated carbocycles. The van der Waals surface area contributed by atoms with Crippen molar-refractivity contribution < 1.29 is 18.9 Å². The fraction of sp³-hybridized carbons (Fsp3) is 0.429. The number of nitrogens with one attached hydrogen (secondary N) is 3. The lowest BCUT2D eigenvalue weighted by Gasteiger charge is -2.15. The highest BCUT2D eigenvalue weighted by Crippen LogP contribution is 2.19. The zero-order valence-corrected chi connectivity index (χ0v) is 12.9. The molecule has 0 aliphatic carbocycles. The van der Waals surface area contributed by atoms with Gasteiger partial charge in [-0.3, -0.25) is 9.59 Å². The Morgan fingerprint density at radius 1 is 1.24 bits per heavy atom. The third-order valence-corrected chi connectivity index (χ3v) is 3.44. The molecule has 0 atom stereocenters. The van der Waals surface area contributed by atoms with Crippen LogP contribution in [0.25, 0.3) is 0 Å². The topological polar surface area (TPSA) is 62.6 Å². The minimum absolute atomic E-state index is 0.113. The van der Waals surface area contributed by atoms with Crippen molar-refractivity contribution in [3.63, 3.8) is 0 Å². The second-order valence-corrected chi connectivity index (χ2v) is 4.95. The first kappa shape index (κ1) is 17.4. The molecule has 0 bridgehead atoms. The van der Waals surface area contributed by atoms with Crippen molar-refractivity contribution in [1.29, 1.82) is 0 Å². The molecule has 1 aromatic carbocycles. The summed E-state index contributed by atoms with van der Waals surface area (Å²) in [4.78, 5) is 24.6. The Bertz CT molecular complexity index is 507. The van der Waals surface area contributed by atoms with Gasteiger partial charge in [0.15, 0.2) is 0 Å². The normalized spacial score (nSPS) is 10.5.